The summed E-state index contributed by atoms with van der Waals surface area (Å²) in [7, 11) is -4.72. The number of aliphatic hydroxyl groups excluding tert-OH is 2. The van der Waals surface area contributed by atoms with Gasteiger partial charge in [0.2, 0.25) is 0 Å². The fourth-order valence-corrected chi connectivity index (χ4v) is 2.66. The number of fused-ring (bicyclic) bond motifs is 1. The third kappa shape index (κ3) is 3.50. The Morgan fingerprint density at radius 2 is 2.00 bits per heavy atom. The number of nitrogen functional groups attached to an aromatic ring is 1. The molecule has 24 heavy (non-hydrogen) atoms. The molecule has 6 N–H and O–H groups in total. The highest BCUT2D eigenvalue weighted by Gasteiger charge is 2.45. The van der Waals surface area contributed by atoms with Gasteiger partial charge in [-0.05, 0) is 0 Å². The van der Waals surface area contributed by atoms with Gasteiger partial charge in [0.05, 0.1) is 12.9 Å². The van der Waals surface area contributed by atoms with Crippen LogP contribution >= 0.6 is 20.2 Å². The number of halogens is 1. The summed E-state index contributed by atoms with van der Waals surface area (Å²) in [6.45, 7) is -0.594. The number of ether oxygens (including phenoxy) is 1. The second-order valence-electron chi connectivity index (χ2n) is 4.92. The maximum Gasteiger partial charge on any atom is 0.469 e. The minimum absolute atomic E-state index is 0. The Hall–Kier alpha value is -1.37. The van der Waals surface area contributed by atoms with Gasteiger partial charge in [-0.25, -0.2) is 19.5 Å². The first kappa shape index (κ1) is 19.0. The molecule has 1 aliphatic rings. The van der Waals surface area contributed by atoms with E-state index in [0.717, 1.165) is 0 Å². The van der Waals surface area contributed by atoms with Crippen molar-refractivity contribution in [3.63, 3.8) is 0 Å². The molecule has 1 saturated heterocycles. The molecule has 1 aliphatic heterocycles. The van der Waals surface area contributed by atoms with Crippen LogP contribution in [0.25, 0.3) is 11.2 Å². The SMILES string of the molecule is Cl.Nc1ncnc2c1ncn2[C@@H]1O[C@H](COP(=O)(O)O)[C@@H](O)[C@H]1O. The lowest BCUT2D eigenvalue weighted by Gasteiger charge is -2.16. The van der Waals surface area contributed by atoms with Crippen LogP contribution in [0.5, 0.6) is 0 Å². The standard InChI is InChI=1S/C10H14N5O7P.ClH/c11-8-5-9(13-2-12-8)15(3-14-5)10-7(17)6(16)4(22-10)1-21-23(18,19)20;/h2-4,6-7,10,16-17H,1H2,(H2,11,12,13)(H2,18,19,20);1H/t4-,6-,7-,10-;/m1./s1. The lowest BCUT2D eigenvalue weighted by atomic mass is 10.1. The summed E-state index contributed by atoms with van der Waals surface area (Å²) in [5, 5.41) is 20.1. The third-order valence-electron chi connectivity index (χ3n) is 3.41. The van der Waals surface area contributed by atoms with Crippen LogP contribution in [0.15, 0.2) is 12.7 Å². The zero-order chi connectivity index (χ0) is 16.8. The average Bonchev–Trinajstić information content (AvgIpc) is 3.01. The minimum atomic E-state index is -4.72. The molecular weight excluding hydrogens is 369 g/mol. The fourth-order valence-electron chi connectivity index (χ4n) is 2.32. The monoisotopic (exact) mass is 383 g/mol. The van der Waals surface area contributed by atoms with Gasteiger partial charge >= 0.3 is 7.82 Å². The van der Waals surface area contributed by atoms with Crippen LogP contribution in [0, 0.1) is 0 Å². The number of nitrogens with zero attached hydrogens (tertiary/aromatic N) is 4. The van der Waals surface area contributed by atoms with Gasteiger partial charge in [-0.3, -0.25) is 9.09 Å². The molecule has 2 aromatic heterocycles. The summed E-state index contributed by atoms with van der Waals surface area (Å²) in [5.74, 6) is 0.142. The number of hydrogen-bond donors (Lipinski definition) is 5. The van der Waals surface area contributed by atoms with Crippen molar-refractivity contribution >= 4 is 37.2 Å². The van der Waals surface area contributed by atoms with E-state index in [9.17, 15) is 14.8 Å². The van der Waals surface area contributed by atoms with Crippen LogP contribution in [-0.2, 0) is 13.8 Å². The van der Waals surface area contributed by atoms with E-state index < -0.39 is 39.0 Å². The van der Waals surface area contributed by atoms with Crippen LogP contribution < -0.4 is 5.73 Å². The van der Waals surface area contributed by atoms with Crippen molar-refractivity contribution in [3.8, 4) is 0 Å². The molecule has 2 aromatic rings. The summed E-state index contributed by atoms with van der Waals surface area (Å²) >= 11 is 0. The van der Waals surface area contributed by atoms with Crippen molar-refractivity contribution in [1.82, 2.24) is 19.5 Å². The molecule has 3 heterocycles. The summed E-state index contributed by atoms with van der Waals surface area (Å²) in [4.78, 5) is 29.2. The van der Waals surface area contributed by atoms with Crippen molar-refractivity contribution in [1.29, 1.82) is 0 Å². The van der Waals surface area contributed by atoms with E-state index in [4.69, 9.17) is 20.3 Å². The molecule has 1 fully saturated rings. The van der Waals surface area contributed by atoms with E-state index in [2.05, 4.69) is 19.5 Å². The number of rotatable bonds is 4. The quantitative estimate of drug-likeness (QED) is 0.389. The van der Waals surface area contributed by atoms with Crippen LogP contribution in [0.4, 0.5) is 5.82 Å². The van der Waals surface area contributed by atoms with E-state index in [0.29, 0.717) is 5.52 Å². The lowest BCUT2D eigenvalue weighted by molar-refractivity contribution is -0.0504. The summed E-state index contributed by atoms with van der Waals surface area (Å²) < 4.78 is 21.8. The van der Waals surface area contributed by atoms with E-state index in [1.165, 1.54) is 17.2 Å². The maximum atomic E-state index is 10.7. The highest BCUT2D eigenvalue weighted by molar-refractivity contribution is 7.46. The van der Waals surface area contributed by atoms with E-state index >= 15 is 0 Å². The predicted octanol–water partition coefficient (Wildman–Crippen LogP) is -1.44. The van der Waals surface area contributed by atoms with Gasteiger partial charge < -0.3 is 30.5 Å². The summed E-state index contributed by atoms with van der Waals surface area (Å²) in [6, 6.07) is 0. The second kappa shape index (κ2) is 6.86. The first-order chi connectivity index (χ1) is 10.8. The molecule has 12 nitrogen and oxygen atoms in total. The van der Waals surface area contributed by atoms with E-state index in [1.54, 1.807) is 0 Å². The number of nitrogens with two attached hydrogens (primary N) is 1. The molecule has 0 radical (unpaired) electrons. The molecule has 0 aromatic carbocycles. The fraction of sp³-hybridized carbons (Fsp3) is 0.500. The molecule has 0 unspecified atom stereocenters. The van der Waals surface area contributed by atoms with Gasteiger partial charge in [-0.2, -0.15) is 0 Å². The molecule has 4 atom stereocenters. The van der Waals surface area contributed by atoms with Gasteiger partial charge in [-0.15, -0.1) is 12.4 Å². The maximum absolute atomic E-state index is 10.7. The highest BCUT2D eigenvalue weighted by Crippen LogP contribution is 2.38. The van der Waals surface area contributed by atoms with Crippen molar-refractivity contribution < 1.29 is 33.8 Å². The first-order valence-electron chi connectivity index (χ1n) is 6.42. The normalized spacial score (nSPS) is 27.3. The molecule has 14 heteroatoms. The second-order valence-corrected chi connectivity index (χ2v) is 6.15. The molecule has 0 aliphatic carbocycles. The van der Waals surface area contributed by atoms with Crippen molar-refractivity contribution in [2.24, 2.45) is 0 Å². The Kier molecular flexibility index (Phi) is 5.42. The lowest BCUT2D eigenvalue weighted by Crippen LogP contribution is -2.33. The van der Waals surface area contributed by atoms with Gasteiger partial charge in [-0.1, -0.05) is 0 Å². The summed E-state index contributed by atoms with van der Waals surface area (Å²) in [5.41, 5.74) is 6.25. The van der Waals surface area contributed by atoms with Crippen LogP contribution in [0.2, 0.25) is 0 Å². The van der Waals surface area contributed by atoms with Gasteiger partial charge in [0.15, 0.2) is 17.7 Å². The third-order valence-corrected chi connectivity index (χ3v) is 3.89. The number of imidazole rings is 1. The molecule has 0 bridgehead atoms. The molecule has 0 amide bonds. The minimum Gasteiger partial charge on any atom is -0.387 e. The van der Waals surface area contributed by atoms with E-state index in [-0.39, 0.29) is 23.9 Å². The average molecular weight is 384 g/mol. The number of anilines is 1. The van der Waals surface area contributed by atoms with Crippen molar-refractivity contribution in [3.05, 3.63) is 12.7 Å². The predicted molar refractivity (Wildman–Crippen MR) is 80.9 cm³/mol. The molecule has 134 valence electrons. The molecule has 3 rings (SSSR count). The number of aliphatic hydroxyl groups is 2. The summed E-state index contributed by atoms with van der Waals surface area (Å²) in [6.07, 6.45) is -2.49. The van der Waals surface area contributed by atoms with Crippen LogP contribution in [0.3, 0.4) is 0 Å². The zero-order valence-corrected chi connectivity index (χ0v) is 13.6. The molecule has 0 saturated carbocycles. The Morgan fingerprint density at radius 3 is 2.67 bits per heavy atom. The van der Waals surface area contributed by atoms with E-state index in [1.807, 2.05) is 0 Å². The van der Waals surface area contributed by atoms with Gasteiger partial charge in [0.1, 0.15) is 30.2 Å². The van der Waals surface area contributed by atoms with Gasteiger partial charge in [0.25, 0.3) is 0 Å². The largest absolute Gasteiger partial charge is 0.469 e. The Bertz CT molecular complexity index is 769. The van der Waals surface area contributed by atoms with Crippen LogP contribution in [0.1, 0.15) is 6.23 Å². The first-order valence-corrected chi connectivity index (χ1v) is 7.95. The zero-order valence-electron chi connectivity index (χ0n) is 11.9. The number of aromatic nitrogens is 4. The molecule has 0 spiro atoms. The van der Waals surface area contributed by atoms with Crippen molar-refractivity contribution in [2.75, 3.05) is 12.3 Å². The Morgan fingerprint density at radius 1 is 1.29 bits per heavy atom. The Balaban J connectivity index is 0.00000208. The highest BCUT2D eigenvalue weighted by atomic mass is 35.5. The topological polar surface area (TPSA) is 186 Å². The molecular formula is C10H15ClN5O7P. The smallest absolute Gasteiger partial charge is 0.387 e. The number of phosphoric ester groups is 1. The van der Waals surface area contributed by atoms with Gasteiger partial charge in [0, 0.05) is 0 Å². The number of hydrogen-bond acceptors (Lipinski definition) is 9. The van der Waals surface area contributed by atoms with Crippen molar-refractivity contribution in [2.45, 2.75) is 24.5 Å². The van der Waals surface area contributed by atoms with Crippen LogP contribution in [-0.4, -0.2) is 64.4 Å². The Labute approximate surface area is 140 Å². The number of phosphoric acid groups is 1.